The first-order chi connectivity index (χ1) is 15.2. The Morgan fingerprint density at radius 3 is 2.09 bits per heavy atom. The summed E-state index contributed by atoms with van der Waals surface area (Å²) in [7, 11) is -3.55. The number of nitrogens with zero attached hydrogens (tertiary/aromatic N) is 4. The molecule has 0 aliphatic carbocycles. The van der Waals surface area contributed by atoms with Crippen molar-refractivity contribution in [2.45, 2.75) is 32.6 Å². The van der Waals surface area contributed by atoms with Gasteiger partial charge in [0.1, 0.15) is 5.82 Å². The first-order valence-electron chi connectivity index (χ1n) is 10.7. The number of aromatic nitrogens is 2. The molecular weight excluding hydrogens is 422 g/mol. The smallest absolute Gasteiger partial charge is 0.243 e. The van der Waals surface area contributed by atoms with E-state index in [-0.39, 0.29) is 0 Å². The standard InChI is InChI=1S/C24H29N5O2S/c1-17-14-18(2)23(19(3)15-17)32(30,31)29-12-10-28(11-13-29)24-25-20(4)16-22(27-24)26-21-8-6-5-7-9-21/h5-9,14-16H,10-13H2,1-4H3,(H,25,26,27). The van der Waals surface area contributed by atoms with E-state index >= 15 is 0 Å². The summed E-state index contributed by atoms with van der Waals surface area (Å²) >= 11 is 0. The van der Waals surface area contributed by atoms with Gasteiger partial charge in [-0.3, -0.25) is 0 Å². The molecule has 1 aromatic heterocycles. The van der Waals surface area contributed by atoms with Crippen LogP contribution in [0.15, 0.2) is 53.4 Å². The van der Waals surface area contributed by atoms with E-state index in [2.05, 4.69) is 15.3 Å². The SMILES string of the molecule is Cc1cc(C)c(S(=O)(=O)N2CCN(c3nc(C)cc(Nc4ccccc4)n3)CC2)c(C)c1. The third kappa shape index (κ3) is 4.61. The maximum atomic E-state index is 13.4. The van der Waals surface area contributed by atoms with E-state index in [1.165, 1.54) is 0 Å². The highest BCUT2D eigenvalue weighted by molar-refractivity contribution is 7.89. The van der Waals surface area contributed by atoms with Crippen LogP contribution in [0.1, 0.15) is 22.4 Å². The van der Waals surface area contributed by atoms with E-state index in [1.807, 2.05) is 81.1 Å². The van der Waals surface area contributed by atoms with Gasteiger partial charge in [0.05, 0.1) is 4.90 Å². The summed E-state index contributed by atoms with van der Waals surface area (Å²) < 4.78 is 28.3. The average molecular weight is 452 g/mol. The molecule has 1 N–H and O–H groups in total. The summed E-state index contributed by atoms with van der Waals surface area (Å²) in [5.74, 6) is 1.34. The molecule has 0 saturated carbocycles. The number of benzene rings is 2. The number of sulfonamides is 1. The highest BCUT2D eigenvalue weighted by atomic mass is 32.2. The van der Waals surface area contributed by atoms with Crippen molar-refractivity contribution in [2.75, 3.05) is 36.4 Å². The fourth-order valence-corrected chi connectivity index (χ4v) is 6.09. The number of nitrogens with one attached hydrogen (secondary N) is 1. The topological polar surface area (TPSA) is 78.4 Å². The maximum absolute atomic E-state index is 13.4. The zero-order valence-corrected chi connectivity index (χ0v) is 19.8. The number of anilines is 3. The summed E-state index contributed by atoms with van der Waals surface area (Å²) in [6, 6.07) is 15.6. The lowest BCUT2D eigenvalue weighted by molar-refractivity contribution is 0.382. The molecule has 0 unspecified atom stereocenters. The van der Waals surface area contributed by atoms with Gasteiger partial charge in [-0.1, -0.05) is 35.9 Å². The number of hydrogen-bond donors (Lipinski definition) is 1. The van der Waals surface area contributed by atoms with Crippen LogP contribution in [0.2, 0.25) is 0 Å². The molecule has 0 spiro atoms. The highest BCUT2D eigenvalue weighted by Crippen LogP contribution is 2.27. The lowest BCUT2D eigenvalue weighted by Crippen LogP contribution is -2.49. The molecular formula is C24H29N5O2S. The predicted molar refractivity (Wildman–Crippen MR) is 128 cm³/mol. The molecule has 7 nitrogen and oxygen atoms in total. The van der Waals surface area contributed by atoms with Crippen LogP contribution in [-0.2, 0) is 10.0 Å². The third-order valence-corrected chi connectivity index (χ3v) is 7.82. The first-order valence-corrected chi connectivity index (χ1v) is 12.2. The second kappa shape index (κ2) is 8.88. The lowest BCUT2D eigenvalue weighted by atomic mass is 10.1. The third-order valence-electron chi connectivity index (χ3n) is 5.61. The minimum absolute atomic E-state index is 0.397. The Bertz CT molecular complexity index is 1200. The van der Waals surface area contributed by atoms with Crippen LogP contribution < -0.4 is 10.2 Å². The number of rotatable bonds is 5. The Morgan fingerprint density at radius 2 is 1.47 bits per heavy atom. The number of aryl methyl sites for hydroxylation is 4. The summed E-state index contributed by atoms with van der Waals surface area (Å²) in [4.78, 5) is 11.7. The highest BCUT2D eigenvalue weighted by Gasteiger charge is 2.31. The van der Waals surface area contributed by atoms with Gasteiger partial charge in [-0.25, -0.2) is 13.4 Å². The summed E-state index contributed by atoms with van der Waals surface area (Å²) in [5, 5.41) is 3.31. The monoisotopic (exact) mass is 451 g/mol. The number of hydrogen-bond acceptors (Lipinski definition) is 6. The van der Waals surface area contributed by atoms with Crippen molar-refractivity contribution in [2.24, 2.45) is 0 Å². The van der Waals surface area contributed by atoms with Crippen molar-refractivity contribution in [1.29, 1.82) is 0 Å². The van der Waals surface area contributed by atoms with Crippen LogP contribution in [0.5, 0.6) is 0 Å². The molecule has 2 heterocycles. The summed E-state index contributed by atoms with van der Waals surface area (Å²) in [5.41, 5.74) is 4.47. The molecule has 1 fully saturated rings. The van der Waals surface area contributed by atoms with E-state index in [1.54, 1.807) is 4.31 Å². The van der Waals surface area contributed by atoms with Crippen LogP contribution in [0.4, 0.5) is 17.5 Å². The molecule has 3 aromatic rings. The molecule has 168 valence electrons. The van der Waals surface area contributed by atoms with Gasteiger partial charge in [0.15, 0.2) is 0 Å². The van der Waals surface area contributed by atoms with Crippen LogP contribution >= 0.6 is 0 Å². The zero-order chi connectivity index (χ0) is 22.9. The molecule has 8 heteroatoms. The number of piperazine rings is 1. The van der Waals surface area contributed by atoms with Crippen molar-refractivity contribution < 1.29 is 8.42 Å². The van der Waals surface area contributed by atoms with Crippen LogP contribution in [0, 0.1) is 27.7 Å². The van der Waals surface area contributed by atoms with E-state index < -0.39 is 10.0 Å². The van der Waals surface area contributed by atoms with Gasteiger partial charge in [0.25, 0.3) is 0 Å². The van der Waals surface area contributed by atoms with Crippen molar-refractivity contribution in [1.82, 2.24) is 14.3 Å². The van der Waals surface area contributed by atoms with Gasteiger partial charge >= 0.3 is 0 Å². The van der Waals surface area contributed by atoms with Crippen LogP contribution in [0.25, 0.3) is 0 Å². The summed E-state index contributed by atoms with van der Waals surface area (Å²) in [6.07, 6.45) is 0. The van der Waals surface area contributed by atoms with Crippen molar-refractivity contribution in [3.8, 4) is 0 Å². The normalized spacial score (nSPS) is 15.1. The van der Waals surface area contributed by atoms with Gasteiger partial charge in [0, 0.05) is 43.6 Å². The molecule has 32 heavy (non-hydrogen) atoms. The van der Waals surface area contributed by atoms with E-state index in [4.69, 9.17) is 0 Å². The quantitative estimate of drug-likeness (QED) is 0.633. The fourth-order valence-electron chi connectivity index (χ4n) is 4.26. The van der Waals surface area contributed by atoms with Gasteiger partial charge in [-0.2, -0.15) is 9.29 Å². The fraction of sp³-hybridized carbons (Fsp3) is 0.333. The molecule has 0 bridgehead atoms. The van der Waals surface area contributed by atoms with E-state index in [9.17, 15) is 8.42 Å². The lowest BCUT2D eigenvalue weighted by Gasteiger charge is -2.34. The Morgan fingerprint density at radius 1 is 0.844 bits per heavy atom. The summed E-state index contributed by atoms with van der Waals surface area (Å²) in [6.45, 7) is 9.52. The van der Waals surface area contributed by atoms with E-state index in [0.717, 1.165) is 33.9 Å². The zero-order valence-electron chi connectivity index (χ0n) is 19.0. The molecule has 0 radical (unpaired) electrons. The largest absolute Gasteiger partial charge is 0.340 e. The first kappa shape index (κ1) is 22.2. The Balaban J connectivity index is 1.50. The number of para-hydroxylation sites is 1. The van der Waals surface area contributed by atoms with E-state index in [0.29, 0.717) is 37.0 Å². The maximum Gasteiger partial charge on any atom is 0.243 e. The Labute approximate surface area is 190 Å². The molecule has 1 saturated heterocycles. The van der Waals surface area contributed by atoms with Crippen molar-refractivity contribution in [3.05, 3.63) is 70.9 Å². The van der Waals surface area contributed by atoms with Crippen LogP contribution in [0.3, 0.4) is 0 Å². The Hall–Kier alpha value is -2.97. The second-order valence-corrected chi connectivity index (χ2v) is 10.2. The second-order valence-electron chi connectivity index (χ2n) is 8.30. The average Bonchev–Trinajstić information content (AvgIpc) is 2.73. The molecule has 1 aliphatic heterocycles. The minimum atomic E-state index is -3.55. The van der Waals surface area contributed by atoms with Gasteiger partial charge in [-0.15, -0.1) is 0 Å². The van der Waals surface area contributed by atoms with Gasteiger partial charge in [-0.05, 0) is 51.0 Å². The molecule has 1 aliphatic rings. The van der Waals surface area contributed by atoms with Gasteiger partial charge in [0.2, 0.25) is 16.0 Å². The molecule has 0 amide bonds. The predicted octanol–water partition coefficient (Wildman–Crippen LogP) is 3.96. The molecule has 4 rings (SSSR count). The van der Waals surface area contributed by atoms with Crippen molar-refractivity contribution in [3.63, 3.8) is 0 Å². The molecule has 2 aromatic carbocycles. The van der Waals surface area contributed by atoms with Crippen molar-refractivity contribution >= 4 is 27.5 Å². The molecule has 0 atom stereocenters. The Kier molecular flexibility index (Phi) is 6.17. The van der Waals surface area contributed by atoms with Crippen LogP contribution in [-0.4, -0.2) is 48.9 Å². The minimum Gasteiger partial charge on any atom is -0.340 e. The van der Waals surface area contributed by atoms with Gasteiger partial charge < -0.3 is 10.2 Å².